The van der Waals surface area contributed by atoms with Crippen LogP contribution in [0.1, 0.15) is 42.4 Å². The monoisotopic (exact) mass is 337 g/mol. The second-order valence-electron chi connectivity index (χ2n) is 6.39. The summed E-state index contributed by atoms with van der Waals surface area (Å²) >= 11 is 0. The summed E-state index contributed by atoms with van der Waals surface area (Å²) in [6.07, 6.45) is 0.536. The van der Waals surface area contributed by atoms with E-state index in [9.17, 15) is 13.2 Å². The Hall–Kier alpha value is -2.12. The maximum Gasteiger partial charge on any atom is 0.417 e. The van der Waals surface area contributed by atoms with Crippen LogP contribution in [0.4, 0.5) is 19.0 Å². The van der Waals surface area contributed by atoms with Crippen LogP contribution in [0.25, 0.3) is 0 Å². The topological polar surface area (TPSA) is 46.8 Å². The molecule has 0 spiro atoms. The van der Waals surface area contributed by atoms with Gasteiger partial charge in [0.25, 0.3) is 0 Å². The Morgan fingerprint density at radius 2 is 1.83 bits per heavy atom. The quantitative estimate of drug-likeness (QED) is 0.845. The van der Waals surface area contributed by atoms with Crippen LogP contribution in [0.5, 0.6) is 0 Å². The molecule has 0 radical (unpaired) electrons. The average molecular weight is 337 g/mol. The molecule has 2 aliphatic heterocycles. The highest BCUT2D eigenvalue weighted by Gasteiger charge is 2.32. The van der Waals surface area contributed by atoms with Crippen molar-refractivity contribution in [2.75, 3.05) is 18.0 Å². The molecule has 0 N–H and O–H groups in total. The number of nitrogens with zero attached hydrogens (tertiary/aromatic N) is 5. The average Bonchev–Trinajstić information content (AvgIpc) is 3.18. The Bertz CT molecular complexity index is 714. The molecule has 2 aliphatic rings. The highest BCUT2D eigenvalue weighted by molar-refractivity contribution is 5.40. The number of rotatable bonds is 2. The van der Waals surface area contributed by atoms with E-state index in [2.05, 4.69) is 19.7 Å². The zero-order chi connectivity index (χ0) is 16.7. The van der Waals surface area contributed by atoms with Gasteiger partial charge in [0.2, 0.25) is 0 Å². The van der Waals surface area contributed by atoms with Crippen LogP contribution in [0, 0.1) is 0 Å². The molecule has 0 amide bonds. The molecular weight excluding hydrogens is 319 g/mol. The van der Waals surface area contributed by atoms with Gasteiger partial charge in [0.15, 0.2) is 0 Å². The van der Waals surface area contributed by atoms with E-state index in [0.29, 0.717) is 11.7 Å². The minimum atomic E-state index is -4.34. The molecule has 2 aromatic heterocycles. The third kappa shape index (κ3) is 2.74. The van der Waals surface area contributed by atoms with Gasteiger partial charge in [-0.2, -0.15) is 13.2 Å². The number of pyridine rings is 1. The van der Waals surface area contributed by atoms with Crippen molar-refractivity contribution < 1.29 is 13.2 Å². The van der Waals surface area contributed by atoms with Crippen LogP contribution in [0.15, 0.2) is 18.3 Å². The molecule has 0 bridgehead atoms. The van der Waals surface area contributed by atoms with Crippen LogP contribution in [0.3, 0.4) is 0 Å². The van der Waals surface area contributed by atoms with Gasteiger partial charge in [-0.15, -0.1) is 10.2 Å². The maximum absolute atomic E-state index is 12.6. The number of anilines is 1. The van der Waals surface area contributed by atoms with Gasteiger partial charge in [-0.05, 0) is 31.4 Å². The van der Waals surface area contributed by atoms with Crippen LogP contribution < -0.4 is 4.90 Å². The summed E-state index contributed by atoms with van der Waals surface area (Å²) in [6, 6.07) is 2.55. The molecule has 1 saturated heterocycles. The van der Waals surface area contributed by atoms with Gasteiger partial charge in [-0.25, -0.2) is 4.98 Å². The fourth-order valence-electron chi connectivity index (χ4n) is 3.58. The lowest BCUT2D eigenvalue weighted by atomic mass is 9.96. The van der Waals surface area contributed by atoms with Crippen molar-refractivity contribution in [1.82, 2.24) is 19.7 Å². The van der Waals surface area contributed by atoms with Crippen LogP contribution in [0.2, 0.25) is 0 Å². The Morgan fingerprint density at radius 1 is 1.04 bits per heavy atom. The number of hydrogen-bond donors (Lipinski definition) is 0. The van der Waals surface area contributed by atoms with Crippen LogP contribution in [-0.2, 0) is 19.1 Å². The zero-order valence-electron chi connectivity index (χ0n) is 13.1. The lowest BCUT2D eigenvalue weighted by Gasteiger charge is -2.32. The number of aryl methyl sites for hydroxylation is 1. The molecule has 1 fully saturated rings. The molecule has 4 heterocycles. The second kappa shape index (κ2) is 5.75. The summed E-state index contributed by atoms with van der Waals surface area (Å²) in [4.78, 5) is 6.03. The Morgan fingerprint density at radius 3 is 2.50 bits per heavy atom. The van der Waals surface area contributed by atoms with Crippen molar-refractivity contribution in [3.8, 4) is 0 Å². The van der Waals surface area contributed by atoms with E-state index >= 15 is 0 Å². The molecule has 8 heteroatoms. The smallest absolute Gasteiger partial charge is 0.357 e. The molecular formula is C16H18F3N5. The van der Waals surface area contributed by atoms with Crippen LogP contribution in [-0.4, -0.2) is 32.8 Å². The summed E-state index contributed by atoms with van der Waals surface area (Å²) in [7, 11) is 0. The molecule has 0 unspecified atom stereocenters. The number of fused-ring (bicyclic) bond motifs is 1. The predicted molar refractivity (Wildman–Crippen MR) is 81.8 cm³/mol. The largest absolute Gasteiger partial charge is 0.417 e. The van der Waals surface area contributed by atoms with E-state index in [1.807, 2.05) is 4.90 Å². The summed E-state index contributed by atoms with van der Waals surface area (Å²) in [5.74, 6) is 3.13. The highest BCUT2D eigenvalue weighted by Crippen LogP contribution is 2.32. The van der Waals surface area contributed by atoms with E-state index < -0.39 is 11.7 Å². The molecule has 0 saturated carbocycles. The van der Waals surface area contributed by atoms with E-state index in [4.69, 9.17) is 0 Å². The molecule has 128 valence electrons. The van der Waals surface area contributed by atoms with Crippen molar-refractivity contribution >= 4 is 5.82 Å². The maximum atomic E-state index is 12.6. The van der Waals surface area contributed by atoms with Gasteiger partial charge < -0.3 is 9.47 Å². The summed E-state index contributed by atoms with van der Waals surface area (Å²) in [6.45, 7) is 2.54. The number of piperidine rings is 1. The molecule has 0 atom stereocenters. The van der Waals surface area contributed by atoms with E-state index in [-0.39, 0.29) is 0 Å². The SMILES string of the molecule is FC(F)(F)c1ccc(N2CCC(c3nnc4n3CCC4)CC2)nc1. The summed E-state index contributed by atoms with van der Waals surface area (Å²) in [5.41, 5.74) is -0.708. The molecule has 2 aromatic rings. The minimum absolute atomic E-state index is 0.370. The first-order chi connectivity index (χ1) is 11.5. The zero-order valence-corrected chi connectivity index (χ0v) is 13.1. The molecule has 5 nitrogen and oxygen atoms in total. The van der Waals surface area contributed by atoms with Gasteiger partial charge >= 0.3 is 6.18 Å². The molecule has 0 aliphatic carbocycles. The number of aromatic nitrogens is 4. The number of halogens is 3. The highest BCUT2D eigenvalue weighted by atomic mass is 19.4. The standard InChI is InChI=1S/C16H18F3N5/c17-16(18,19)12-3-4-13(20-10-12)23-8-5-11(6-9-23)15-22-21-14-2-1-7-24(14)15/h3-4,10-11H,1-2,5-9H2. The summed E-state index contributed by atoms with van der Waals surface area (Å²) < 4.78 is 40.1. The third-order valence-electron chi connectivity index (χ3n) is 4.90. The Kier molecular flexibility index (Phi) is 3.69. The third-order valence-corrected chi connectivity index (χ3v) is 4.90. The van der Waals surface area contributed by atoms with Crippen LogP contribution >= 0.6 is 0 Å². The van der Waals surface area contributed by atoms with Gasteiger partial charge in [0, 0.05) is 38.2 Å². The second-order valence-corrected chi connectivity index (χ2v) is 6.39. The fraction of sp³-hybridized carbons (Fsp3) is 0.562. The van der Waals surface area contributed by atoms with E-state index in [0.717, 1.165) is 69.2 Å². The fourth-order valence-corrected chi connectivity index (χ4v) is 3.58. The molecule has 0 aromatic carbocycles. The van der Waals surface area contributed by atoms with Gasteiger partial charge in [0.1, 0.15) is 17.5 Å². The lowest BCUT2D eigenvalue weighted by Crippen LogP contribution is -2.34. The van der Waals surface area contributed by atoms with Crippen molar-refractivity contribution in [2.45, 2.75) is 44.3 Å². The Labute approximate surface area is 137 Å². The Balaban J connectivity index is 1.42. The number of alkyl halides is 3. The molecule has 4 rings (SSSR count). The first kappa shape index (κ1) is 15.4. The van der Waals surface area contributed by atoms with Gasteiger partial charge in [-0.3, -0.25) is 0 Å². The van der Waals surface area contributed by atoms with Crippen molar-refractivity contribution in [1.29, 1.82) is 0 Å². The van der Waals surface area contributed by atoms with Crippen molar-refractivity contribution in [3.63, 3.8) is 0 Å². The molecule has 24 heavy (non-hydrogen) atoms. The number of hydrogen-bond acceptors (Lipinski definition) is 4. The predicted octanol–water partition coefficient (Wildman–Crippen LogP) is 3.02. The van der Waals surface area contributed by atoms with Gasteiger partial charge in [0.05, 0.1) is 5.56 Å². The summed E-state index contributed by atoms with van der Waals surface area (Å²) in [5, 5.41) is 8.61. The van der Waals surface area contributed by atoms with E-state index in [1.54, 1.807) is 0 Å². The van der Waals surface area contributed by atoms with Crippen molar-refractivity contribution in [2.24, 2.45) is 0 Å². The van der Waals surface area contributed by atoms with E-state index in [1.165, 1.54) is 6.07 Å². The van der Waals surface area contributed by atoms with Gasteiger partial charge in [-0.1, -0.05) is 0 Å². The first-order valence-electron chi connectivity index (χ1n) is 8.22. The van der Waals surface area contributed by atoms with Crippen molar-refractivity contribution in [3.05, 3.63) is 35.5 Å². The normalized spacial score (nSPS) is 18.9. The first-order valence-corrected chi connectivity index (χ1v) is 8.22. The minimum Gasteiger partial charge on any atom is -0.357 e. The lowest BCUT2D eigenvalue weighted by molar-refractivity contribution is -0.137.